The molecule has 1 N–H and O–H groups in total. The molecule has 0 atom stereocenters. The van der Waals surface area contributed by atoms with E-state index in [0.717, 1.165) is 10.5 Å². The molecular formula is C17H15Cl2NO3S. The van der Waals surface area contributed by atoms with Crippen molar-refractivity contribution in [1.82, 2.24) is 0 Å². The number of aryl methyl sites for hydroxylation is 1. The first-order valence-corrected chi connectivity index (χ1v) is 8.95. The first-order chi connectivity index (χ1) is 11.4. The lowest BCUT2D eigenvalue weighted by Crippen LogP contribution is -2.21. The molecule has 0 aliphatic carbocycles. The molecule has 0 aliphatic rings. The zero-order chi connectivity index (χ0) is 17.7. The maximum atomic E-state index is 12.1. The number of anilines is 1. The zero-order valence-corrected chi connectivity index (χ0v) is 15.4. The number of rotatable bonds is 5. The van der Waals surface area contributed by atoms with E-state index in [1.807, 2.05) is 13.2 Å². The maximum Gasteiger partial charge on any atom is 0.340 e. The van der Waals surface area contributed by atoms with Crippen molar-refractivity contribution in [3.8, 4) is 0 Å². The molecule has 0 heterocycles. The van der Waals surface area contributed by atoms with E-state index in [1.54, 1.807) is 36.4 Å². The normalized spacial score (nSPS) is 10.3. The third-order valence-electron chi connectivity index (χ3n) is 3.19. The van der Waals surface area contributed by atoms with Gasteiger partial charge in [-0.1, -0.05) is 23.2 Å². The smallest absolute Gasteiger partial charge is 0.340 e. The molecule has 0 saturated carbocycles. The molecule has 2 rings (SSSR count). The van der Waals surface area contributed by atoms with E-state index in [-0.39, 0.29) is 10.6 Å². The van der Waals surface area contributed by atoms with Gasteiger partial charge in [0.25, 0.3) is 5.91 Å². The van der Waals surface area contributed by atoms with E-state index in [2.05, 4.69) is 5.32 Å². The van der Waals surface area contributed by atoms with Crippen LogP contribution in [0.15, 0.2) is 41.3 Å². The largest absolute Gasteiger partial charge is 0.452 e. The molecule has 2 aromatic carbocycles. The van der Waals surface area contributed by atoms with Gasteiger partial charge in [-0.15, -0.1) is 11.8 Å². The Bertz CT molecular complexity index is 780. The molecule has 0 aromatic heterocycles. The Morgan fingerprint density at radius 3 is 2.58 bits per heavy atom. The average molecular weight is 384 g/mol. The second-order valence-corrected chi connectivity index (χ2v) is 6.65. The summed E-state index contributed by atoms with van der Waals surface area (Å²) in [5, 5.41) is 3.54. The fourth-order valence-electron chi connectivity index (χ4n) is 1.95. The van der Waals surface area contributed by atoms with Crippen LogP contribution in [0.4, 0.5) is 5.69 Å². The van der Waals surface area contributed by atoms with Gasteiger partial charge in [0.05, 0.1) is 10.6 Å². The van der Waals surface area contributed by atoms with Gasteiger partial charge in [-0.05, 0) is 55.1 Å². The van der Waals surface area contributed by atoms with E-state index in [1.165, 1.54) is 11.8 Å². The highest BCUT2D eigenvalue weighted by atomic mass is 35.5. The molecule has 126 valence electrons. The third kappa shape index (κ3) is 4.90. The molecule has 0 aliphatic heterocycles. The number of hydrogen-bond acceptors (Lipinski definition) is 4. The van der Waals surface area contributed by atoms with Crippen LogP contribution in [-0.4, -0.2) is 24.7 Å². The van der Waals surface area contributed by atoms with Crippen molar-refractivity contribution in [2.24, 2.45) is 0 Å². The molecule has 7 heteroatoms. The summed E-state index contributed by atoms with van der Waals surface area (Å²) in [6.45, 7) is 1.42. The standard InChI is InChI=1S/C17H15Cl2NO3S/c1-10-7-11(18)3-6-15(10)20-16(21)9-23-17(22)13-8-12(24-2)4-5-14(13)19/h3-8H,9H2,1-2H3,(H,20,21). The number of amides is 1. The summed E-state index contributed by atoms with van der Waals surface area (Å²) in [6, 6.07) is 10.2. The van der Waals surface area contributed by atoms with Crippen LogP contribution < -0.4 is 5.32 Å². The molecule has 0 saturated heterocycles. The van der Waals surface area contributed by atoms with Gasteiger partial charge >= 0.3 is 5.97 Å². The fourth-order valence-corrected chi connectivity index (χ4v) is 2.81. The van der Waals surface area contributed by atoms with Crippen molar-refractivity contribution < 1.29 is 14.3 Å². The topological polar surface area (TPSA) is 55.4 Å². The van der Waals surface area contributed by atoms with Crippen LogP contribution in [0.2, 0.25) is 10.0 Å². The predicted molar refractivity (Wildman–Crippen MR) is 98.3 cm³/mol. The molecule has 2 aromatic rings. The van der Waals surface area contributed by atoms with Gasteiger partial charge in [0, 0.05) is 15.6 Å². The Hall–Kier alpha value is -1.69. The van der Waals surface area contributed by atoms with Crippen molar-refractivity contribution in [3.63, 3.8) is 0 Å². The monoisotopic (exact) mass is 383 g/mol. The molecule has 0 spiro atoms. The number of esters is 1. The average Bonchev–Trinajstić information content (AvgIpc) is 2.55. The molecule has 0 radical (unpaired) electrons. The zero-order valence-electron chi connectivity index (χ0n) is 13.1. The van der Waals surface area contributed by atoms with Gasteiger partial charge in [0.15, 0.2) is 6.61 Å². The Morgan fingerprint density at radius 1 is 1.17 bits per heavy atom. The van der Waals surface area contributed by atoms with Crippen LogP contribution in [0, 0.1) is 6.92 Å². The summed E-state index contributed by atoms with van der Waals surface area (Å²) in [5.74, 6) is -1.08. The summed E-state index contributed by atoms with van der Waals surface area (Å²) in [6.07, 6.45) is 1.89. The van der Waals surface area contributed by atoms with E-state index in [0.29, 0.717) is 10.7 Å². The molecular weight excluding hydrogens is 369 g/mol. The van der Waals surface area contributed by atoms with Crippen molar-refractivity contribution in [3.05, 3.63) is 57.6 Å². The number of ether oxygens (including phenoxy) is 1. The van der Waals surface area contributed by atoms with Gasteiger partial charge in [-0.25, -0.2) is 4.79 Å². The molecule has 0 bridgehead atoms. The number of hydrogen-bond donors (Lipinski definition) is 1. The molecule has 4 nitrogen and oxygen atoms in total. The van der Waals surface area contributed by atoms with Gasteiger partial charge in [0.1, 0.15) is 0 Å². The summed E-state index contributed by atoms with van der Waals surface area (Å²) in [4.78, 5) is 24.9. The number of thioether (sulfide) groups is 1. The lowest BCUT2D eigenvalue weighted by molar-refractivity contribution is -0.119. The molecule has 1 amide bonds. The van der Waals surface area contributed by atoms with E-state index in [4.69, 9.17) is 27.9 Å². The quantitative estimate of drug-likeness (QED) is 0.593. The Balaban J connectivity index is 1.97. The van der Waals surface area contributed by atoms with Crippen LogP contribution in [0.5, 0.6) is 0 Å². The van der Waals surface area contributed by atoms with Crippen molar-refractivity contribution in [2.45, 2.75) is 11.8 Å². The highest BCUT2D eigenvalue weighted by Gasteiger charge is 2.15. The summed E-state index contributed by atoms with van der Waals surface area (Å²) in [5.41, 5.74) is 1.67. The lowest BCUT2D eigenvalue weighted by atomic mass is 10.2. The Morgan fingerprint density at radius 2 is 1.92 bits per heavy atom. The minimum atomic E-state index is -0.640. The van der Waals surface area contributed by atoms with E-state index in [9.17, 15) is 9.59 Å². The lowest BCUT2D eigenvalue weighted by Gasteiger charge is -2.10. The van der Waals surface area contributed by atoms with Crippen LogP contribution in [0.1, 0.15) is 15.9 Å². The first-order valence-electron chi connectivity index (χ1n) is 6.97. The van der Waals surface area contributed by atoms with E-state index >= 15 is 0 Å². The number of nitrogens with one attached hydrogen (secondary N) is 1. The van der Waals surface area contributed by atoms with Crippen molar-refractivity contribution >= 4 is 52.5 Å². The van der Waals surface area contributed by atoms with Crippen LogP contribution in [0.3, 0.4) is 0 Å². The second kappa shape index (κ2) is 8.42. The van der Waals surface area contributed by atoms with Crippen LogP contribution in [-0.2, 0) is 9.53 Å². The summed E-state index contributed by atoms with van der Waals surface area (Å²) >= 11 is 13.4. The SMILES string of the molecule is CSc1ccc(Cl)c(C(=O)OCC(=O)Nc2ccc(Cl)cc2C)c1. The number of carbonyl (C=O) groups is 2. The highest BCUT2D eigenvalue weighted by molar-refractivity contribution is 7.98. The van der Waals surface area contributed by atoms with Gasteiger partial charge in [-0.2, -0.15) is 0 Å². The number of benzene rings is 2. The van der Waals surface area contributed by atoms with E-state index < -0.39 is 18.5 Å². The summed E-state index contributed by atoms with van der Waals surface area (Å²) < 4.78 is 5.04. The van der Waals surface area contributed by atoms with Gasteiger partial charge in [-0.3, -0.25) is 4.79 Å². The van der Waals surface area contributed by atoms with Crippen molar-refractivity contribution in [2.75, 3.05) is 18.2 Å². The fraction of sp³-hybridized carbons (Fsp3) is 0.176. The minimum Gasteiger partial charge on any atom is -0.452 e. The summed E-state index contributed by atoms with van der Waals surface area (Å²) in [7, 11) is 0. The van der Waals surface area contributed by atoms with Gasteiger partial charge in [0.2, 0.25) is 0 Å². The maximum absolute atomic E-state index is 12.1. The molecule has 0 fully saturated rings. The number of halogens is 2. The minimum absolute atomic E-state index is 0.235. The van der Waals surface area contributed by atoms with Crippen LogP contribution in [0.25, 0.3) is 0 Å². The van der Waals surface area contributed by atoms with Crippen molar-refractivity contribution in [1.29, 1.82) is 0 Å². The van der Waals surface area contributed by atoms with Gasteiger partial charge < -0.3 is 10.1 Å². The molecule has 24 heavy (non-hydrogen) atoms. The number of carbonyl (C=O) groups excluding carboxylic acids is 2. The Kier molecular flexibility index (Phi) is 6.54. The molecule has 0 unspecified atom stereocenters. The predicted octanol–water partition coefficient (Wildman–Crippen LogP) is 4.82. The van der Waals surface area contributed by atoms with Crippen LogP contribution >= 0.6 is 35.0 Å². The highest BCUT2D eigenvalue weighted by Crippen LogP contribution is 2.24. The Labute approximate surface area is 154 Å². The first kappa shape index (κ1) is 18.6. The third-order valence-corrected chi connectivity index (χ3v) is 4.48. The second-order valence-electron chi connectivity index (χ2n) is 4.93.